The molecule has 2 heterocycles. The number of carbonyl (C=O) groups is 2. The van der Waals surface area contributed by atoms with Gasteiger partial charge in [-0.05, 0) is 61.6 Å². The van der Waals surface area contributed by atoms with E-state index in [-0.39, 0.29) is 24.4 Å². The van der Waals surface area contributed by atoms with E-state index >= 15 is 0 Å². The molecule has 0 aliphatic heterocycles. The first-order valence-corrected chi connectivity index (χ1v) is 11.1. The van der Waals surface area contributed by atoms with Gasteiger partial charge in [0.2, 0.25) is 0 Å². The van der Waals surface area contributed by atoms with Crippen LogP contribution in [0.15, 0.2) is 48.5 Å². The summed E-state index contributed by atoms with van der Waals surface area (Å²) < 4.78 is 6.81. The Hall–Kier alpha value is -3.65. The number of aryl methyl sites for hydroxylation is 2. The molecule has 0 saturated heterocycles. The Kier molecular flexibility index (Phi) is 5.60. The van der Waals surface area contributed by atoms with Crippen molar-refractivity contribution >= 4 is 34.8 Å². The van der Waals surface area contributed by atoms with Crippen LogP contribution in [0.5, 0.6) is 0 Å². The van der Waals surface area contributed by atoms with Crippen molar-refractivity contribution in [3.63, 3.8) is 0 Å². The van der Waals surface area contributed by atoms with Gasteiger partial charge in [0.1, 0.15) is 5.02 Å². The highest BCUT2D eigenvalue weighted by Crippen LogP contribution is 2.26. The number of amides is 1. The molecule has 5 rings (SSSR count). The van der Waals surface area contributed by atoms with E-state index in [4.69, 9.17) is 16.3 Å². The Bertz CT molecular complexity index is 1340. The van der Waals surface area contributed by atoms with Crippen molar-refractivity contribution in [3.05, 3.63) is 70.4 Å². The highest BCUT2D eigenvalue weighted by atomic mass is 35.5. The molecule has 1 aliphatic rings. The Balaban J connectivity index is 1.15. The summed E-state index contributed by atoms with van der Waals surface area (Å²) >= 11 is 6.21. The van der Waals surface area contributed by atoms with Gasteiger partial charge in [-0.1, -0.05) is 35.9 Å². The summed E-state index contributed by atoms with van der Waals surface area (Å²) in [6, 6.07) is 15.2. The summed E-state index contributed by atoms with van der Waals surface area (Å²) in [5.41, 5.74) is 5.18. The SMILES string of the molecule is Cc1[nH]n2nc(-c3ccc(NC(=O)COC(=O)C4CCc5ccccc5C4)cc3)nc2c1Cl. The van der Waals surface area contributed by atoms with E-state index in [1.165, 1.54) is 15.8 Å². The van der Waals surface area contributed by atoms with E-state index in [2.05, 4.69) is 26.6 Å². The largest absolute Gasteiger partial charge is 0.455 e. The molecule has 0 spiro atoms. The zero-order chi connectivity index (χ0) is 22.9. The van der Waals surface area contributed by atoms with Crippen LogP contribution in [0.3, 0.4) is 0 Å². The Morgan fingerprint density at radius 1 is 1.18 bits per heavy atom. The monoisotopic (exact) mass is 463 g/mol. The number of aromatic amines is 1. The molecule has 1 aliphatic carbocycles. The van der Waals surface area contributed by atoms with Gasteiger partial charge in [0.05, 0.1) is 11.6 Å². The van der Waals surface area contributed by atoms with Gasteiger partial charge in [0.25, 0.3) is 5.91 Å². The van der Waals surface area contributed by atoms with Crippen molar-refractivity contribution < 1.29 is 14.3 Å². The standard InChI is InChI=1S/C24H22ClN5O3/c1-14-21(25)23-27-22(29-30(23)28-14)16-8-10-19(11-9-16)26-20(31)13-33-24(32)18-7-6-15-4-2-3-5-17(15)12-18/h2-5,8-11,18,28H,6-7,12-13H2,1H3,(H,26,31). The van der Waals surface area contributed by atoms with Gasteiger partial charge >= 0.3 is 5.97 Å². The molecule has 1 atom stereocenters. The summed E-state index contributed by atoms with van der Waals surface area (Å²) in [6.45, 7) is 1.53. The van der Waals surface area contributed by atoms with Crippen LogP contribution < -0.4 is 5.32 Å². The van der Waals surface area contributed by atoms with Crippen LogP contribution in [-0.2, 0) is 27.2 Å². The maximum atomic E-state index is 12.4. The maximum absolute atomic E-state index is 12.4. The molecule has 0 saturated carbocycles. The second-order valence-corrected chi connectivity index (χ2v) is 8.54. The number of halogens is 1. The van der Waals surface area contributed by atoms with Gasteiger partial charge in [0, 0.05) is 11.3 Å². The average molecular weight is 464 g/mol. The van der Waals surface area contributed by atoms with Crippen LogP contribution in [0, 0.1) is 12.8 Å². The third-order valence-corrected chi connectivity index (χ3v) is 6.31. The van der Waals surface area contributed by atoms with Gasteiger partial charge in [-0.2, -0.15) is 4.63 Å². The van der Waals surface area contributed by atoms with Crippen molar-refractivity contribution in [2.75, 3.05) is 11.9 Å². The van der Waals surface area contributed by atoms with Gasteiger partial charge in [-0.25, -0.2) is 4.98 Å². The molecule has 1 unspecified atom stereocenters. The Labute approximate surface area is 194 Å². The normalized spacial score (nSPS) is 15.3. The molecule has 2 aromatic heterocycles. The lowest BCUT2D eigenvalue weighted by molar-refractivity contribution is -0.151. The van der Waals surface area contributed by atoms with Crippen LogP contribution in [0.25, 0.3) is 17.0 Å². The lowest BCUT2D eigenvalue weighted by Crippen LogP contribution is -2.28. The zero-order valence-corrected chi connectivity index (χ0v) is 18.7. The molecular formula is C24H22ClN5O3. The van der Waals surface area contributed by atoms with Crippen LogP contribution in [0.2, 0.25) is 5.02 Å². The molecular weight excluding hydrogens is 442 g/mol. The van der Waals surface area contributed by atoms with E-state index < -0.39 is 0 Å². The number of anilines is 1. The Morgan fingerprint density at radius 3 is 2.70 bits per heavy atom. The lowest BCUT2D eigenvalue weighted by atomic mass is 9.84. The quantitative estimate of drug-likeness (QED) is 0.436. The van der Waals surface area contributed by atoms with Crippen LogP contribution in [0.1, 0.15) is 23.2 Å². The number of hydrogen-bond donors (Lipinski definition) is 2. The van der Waals surface area contributed by atoms with Crippen molar-refractivity contribution in [3.8, 4) is 11.4 Å². The molecule has 1 amide bonds. The predicted molar refractivity (Wildman–Crippen MR) is 124 cm³/mol. The highest BCUT2D eigenvalue weighted by Gasteiger charge is 2.26. The van der Waals surface area contributed by atoms with Gasteiger partial charge in [-0.15, -0.1) is 5.10 Å². The number of H-pyrrole nitrogens is 1. The van der Waals surface area contributed by atoms with Crippen molar-refractivity contribution in [1.29, 1.82) is 0 Å². The van der Waals surface area contributed by atoms with Gasteiger partial charge in [-0.3, -0.25) is 14.7 Å². The zero-order valence-electron chi connectivity index (χ0n) is 18.0. The van der Waals surface area contributed by atoms with E-state index in [1.807, 2.05) is 25.1 Å². The van der Waals surface area contributed by atoms with Crippen molar-refractivity contribution in [2.24, 2.45) is 5.92 Å². The van der Waals surface area contributed by atoms with Crippen molar-refractivity contribution in [1.82, 2.24) is 19.8 Å². The molecule has 9 heteroatoms. The number of carbonyl (C=O) groups excluding carboxylic acids is 2. The molecule has 0 bridgehead atoms. The van der Waals surface area contributed by atoms with E-state index in [0.29, 0.717) is 28.6 Å². The molecule has 33 heavy (non-hydrogen) atoms. The first-order chi connectivity index (χ1) is 16.0. The minimum absolute atomic E-state index is 0.211. The molecule has 0 fully saturated rings. The van der Waals surface area contributed by atoms with Crippen molar-refractivity contribution in [2.45, 2.75) is 26.2 Å². The maximum Gasteiger partial charge on any atom is 0.309 e. The fourth-order valence-electron chi connectivity index (χ4n) is 4.08. The molecule has 0 radical (unpaired) electrons. The summed E-state index contributed by atoms with van der Waals surface area (Å²) in [7, 11) is 0. The van der Waals surface area contributed by atoms with E-state index in [0.717, 1.165) is 24.1 Å². The number of esters is 1. The number of hydrogen-bond acceptors (Lipinski definition) is 5. The lowest BCUT2D eigenvalue weighted by Gasteiger charge is -2.23. The first kappa shape index (κ1) is 21.2. The fraction of sp³-hybridized carbons (Fsp3) is 0.250. The van der Waals surface area contributed by atoms with Crippen LogP contribution in [0.4, 0.5) is 5.69 Å². The molecule has 4 aromatic rings. The van der Waals surface area contributed by atoms with Crippen LogP contribution >= 0.6 is 11.6 Å². The number of fused-ring (bicyclic) bond motifs is 2. The van der Waals surface area contributed by atoms with E-state index in [1.54, 1.807) is 24.3 Å². The fourth-order valence-corrected chi connectivity index (χ4v) is 4.25. The number of aromatic nitrogens is 4. The third-order valence-electron chi connectivity index (χ3n) is 5.86. The summed E-state index contributed by atoms with van der Waals surface area (Å²) in [5, 5.41) is 10.7. The molecule has 8 nitrogen and oxygen atoms in total. The number of nitrogens with one attached hydrogen (secondary N) is 2. The minimum atomic E-state index is -0.386. The molecule has 2 aromatic carbocycles. The van der Waals surface area contributed by atoms with Gasteiger partial charge < -0.3 is 10.1 Å². The number of ether oxygens (including phenoxy) is 1. The van der Waals surface area contributed by atoms with Crippen LogP contribution in [-0.4, -0.2) is 38.3 Å². The second-order valence-electron chi connectivity index (χ2n) is 8.16. The topological polar surface area (TPSA) is 101 Å². The predicted octanol–water partition coefficient (Wildman–Crippen LogP) is 3.97. The number of nitrogens with zero attached hydrogens (tertiary/aromatic N) is 3. The first-order valence-electron chi connectivity index (χ1n) is 10.7. The number of rotatable bonds is 5. The minimum Gasteiger partial charge on any atom is -0.455 e. The van der Waals surface area contributed by atoms with Gasteiger partial charge in [0.15, 0.2) is 18.1 Å². The molecule has 2 N–H and O–H groups in total. The molecule has 168 valence electrons. The summed E-state index contributed by atoms with van der Waals surface area (Å²) in [4.78, 5) is 29.1. The Morgan fingerprint density at radius 2 is 1.94 bits per heavy atom. The smallest absolute Gasteiger partial charge is 0.309 e. The highest BCUT2D eigenvalue weighted by molar-refractivity contribution is 6.34. The second kappa shape index (κ2) is 8.71. The van der Waals surface area contributed by atoms with E-state index in [9.17, 15) is 9.59 Å². The average Bonchev–Trinajstić information content (AvgIpc) is 3.36. The summed E-state index contributed by atoms with van der Waals surface area (Å²) in [6.07, 6.45) is 2.24. The third kappa shape index (κ3) is 4.34. The number of benzene rings is 2. The summed E-state index contributed by atoms with van der Waals surface area (Å²) in [5.74, 6) is -0.407.